The fourth-order valence-corrected chi connectivity index (χ4v) is 4.41. The highest BCUT2D eigenvalue weighted by Gasteiger charge is 2.48. The highest BCUT2D eigenvalue weighted by atomic mass is 32.2. The molecule has 3 heterocycles. The molecule has 0 aliphatic carbocycles. The van der Waals surface area contributed by atoms with Crippen molar-refractivity contribution in [2.24, 2.45) is 0 Å². The van der Waals surface area contributed by atoms with Gasteiger partial charge in [0.1, 0.15) is 5.03 Å². The number of pyridine rings is 1. The highest BCUT2D eigenvalue weighted by Crippen LogP contribution is 2.51. The Kier molecular flexibility index (Phi) is 2.79. The molecule has 0 radical (unpaired) electrons. The smallest absolute Gasteiger partial charge is 0.354 e. The minimum Gasteiger partial charge on any atom is -0.477 e. The van der Waals surface area contributed by atoms with Crippen LogP contribution in [0, 0.1) is 0 Å². The Morgan fingerprint density at radius 3 is 3.00 bits per heavy atom. The molecule has 1 atom stereocenters. The first-order chi connectivity index (χ1) is 8.66. The second-order valence-electron chi connectivity index (χ2n) is 3.75. The molecule has 0 saturated carbocycles. The van der Waals surface area contributed by atoms with Crippen molar-refractivity contribution in [2.45, 2.75) is 16.8 Å². The van der Waals surface area contributed by atoms with Gasteiger partial charge in [-0.05, 0) is 12.1 Å². The summed E-state index contributed by atoms with van der Waals surface area (Å²) in [7, 11) is 0. The van der Waals surface area contributed by atoms with Crippen LogP contribution in [0.25, 0.3) is 0 Å². The van der Waals surface area contributed by atoms with Crippen molar-refractivity contribution < 1.29 is 14.7 Å². The summed E-state index contributed by atoms with van der Waals surface area (Å²) in [6.45, 7) is 0. The number of thioether (sulfide) groups is 2. The lowest BCUT2D eigenvalue weighted by atomic mass is 10.2. The lowest BCUT2D eigenvalue weighted by Gasteiger charge is -2.33. The average Bonchev–Trinajstić information content (AvgIpc) is 2.63. The summed E-state index contributed by atoms with van der Waals surface area (Å²) in [4.78, 5) is 28.2. The van der Waals surface area contributed by atoms with Crippen molar-refractivity contribution in [3.63, 3.8) is 0 Å². The van der Waals surface area contributed by atoms with E-state index in [0.29, 0.717) is 10.7 Å². The number of carbonyl (C=O) groups is 2. The van der Waals surface area contributed by atoms with E-state index < -0.39 is 5.97 Å². The number of nitrogens with zero attached hydrogens (tertiary/aromatic N) is 2. The van der Waals surface area contributed by atoms with Crippen molar-refractivity contribution in [1.82, 2.24) is 9.88 Å². The summed E-state index contributed by atoms with van der Waals surface area (Å²) in [6.07, 6.45) is 2.07. The van der Waals surface area contributed by atoms with E-state index in [4.69, 9.17) is 0 Å². The van der Waals surface area contributed by atoms with Crippen molar-refractivity contribution >= 4 is 35.4 Å². The van der Waals surface area contributed by atoms with Crippen molar-refractivity contribution in [3.8, 4) is 0 Å². The Labute approximate surface area is 111 Å². The molecule has 1 fully saturated rings. The Hall–Kier alpha value is -1.47. The Balaban J connectivity index is 1.91. The van der Waals surface area contributed by atoms with Crippen molar-refractivity contribution in [2.75, 3.05) is 0 Å². The quantitative estimate of drug-likeness (QED) is 0.850. The molecule has 7 heteroatoms. The molecule has 2 aliphatic rings. The first kappa shape index (κ1) is 11.6. The van der Waals surface area contributed by atoms with Crippen molar-refractivity contribution in [1.29, 1.82) is 0 Å². The van der Waals surface area contributed by atoms with Gasteiger partial charge in [-0.1, -0.05) is 29.6 Å². The summed E-state index contributed by atoms with van der Waals surface area (Å²) in [5.74, 6) is -1.18. The number of carboxylic acids is 1. The molecule has 0 aromatic carbocycles. The van der Waals surface area contributed by atoms with Gasteiger partial charge in [-0.25, -0.2) is 9.78 Å². The zero-order valence-corrected chi connectivity index (χ0v) is 10.7. The lowest BCUT2D eigenvalue weighted by molar-refractivity contribution is -0.145. The maximum atomic E-state index is 11.4. The van der Waals surface area contributed by atoms with Gasteiger partial charge >= 0.3 is 5.97 Å². The average molecular weight is 280 g/mol. The Bertz CT molecular complexity index is 559. The summed E-state index contributed by atoms with van der Waals surface area (Å²) in [5, 5.41) is 9.89. The molecule has 1 aromatic rings. The number of rotatable bonds is 3. The van der Waals surface area contributed by atoms with E-state index in [9.17, 15) is 14.7 Å². The third-order valence-corrected chi connectivity index (χ3v) is 5.05. The van der Waals surface area contributed by atoms with Crippen LogP contribution in [0.5, 0.6) is 0 Å². The minimum atomic E-state index is -1.06. The van der Waals surface area contributed by atoms with E-state index in [-0.39, 0.29) is 17.0 Å². The molecule has 3 rings (SSSR count). The van der Waals surface area contributed by atoms with E-state index in [1.54, 1.807) is 12.3 Å². The second-order valence-corrected chi connectivity index (χ2v) is 6.23. The van der Waals surface area contributed by atoms with E-state index >= 15 is 0 Å². The van der Waals surface area contributed by atoms with Gasteiger partial charge in [0.05, 0.1) is 16.0 Å². The summed E-state index contributed by atoms with van der Waals surface area (Å²) in [6, 6.07) is 5.46. The van der Waals surface area contributed by atoms with Crippen LogP contribution in [-0.4, -0.2) is 32.2 Å². The van der Waals surface area contributed by atoms with Crippen LogP contribution in [0.15, 0.2) is 39.4 Å². The summed E-state index contributed by atoms with van der Waals surface area (Å²) < 4.78 is 0.636. The molecular weight excluding hydrogens is 272 g/mol. The van der Waals surface area contributed by atoms with Crippen LogP contribution in [0.3, 0.4) is 0 Å². The predicted molar refractivity (Wildman–Crippen MR) is 67.6 cm³/mol. The van der Waals surface area contributed by atoms with Gasteiger partial charge in [-0.3, -0.25) is 9.69 Å². The highest BCUT2D eigenvalue weighted by molar-refractivity contribution is 8.22. The van der Waals surface area contributed by atoms with Crippen molar-refractivity contribution in [3.05, 3.63) is 34.3 Å². The molecule has 0 spiro atoms. The van der Waals surface area contributed by atoms with Crippen LogP contribution >= 0.6 is 23.5 Å². The first-order valence-corrected chi connectivity index (χ1v) is 6.91. The number of fused-ring (bicyclic) bond motifs is 1. The van der Waals surface area contributed by atoms with Crippen LogP contribution in [0.1, 0.15) is 6.42 Å². The van der Waals surface area contributed by atoms with Gasteiger partial charge in [-0.2, -0.15) is 0 Å². The van der Waals surface area contributed by atoms with Gasteiger partial charge in [0.25, 0.3) is 0 Å². The number of hydrogen-bond donors (Lipinski definition) is 1. The van der Waals surface area contributed by atoms with E-state index in [0.717, 1.165) is 5.03 Å². The van der Waals surface area contributed by atoms with Crippen LogP contribution in [0.4, 0.5) is 0 Å². The lowest BCUT2D eigenvalue weighted by Crippen LogP contribution is -2.48. The fraction of sp³-hybridized carbons (Fsp3) is 0.182. The molecule has 1 aromatic heterocycles. The largest absolute Gasteiger partial charge is 0.477 e. The number of β-lactam (4-membered cyclic amide) rings is 1. The number of hydrogen-bond acceptors (Lipinski definition) is 5. The Morgan fingerprint density at radius 2 is 2.39 bits per heavy atom. The Morgan fingerprint density at radius 1 is 1.56 bits per heavy atom. The van der Waals surface area contributed by atoms with Crippen LogP contribution < -0.4 is 0 Å². The van der Waals surface area contributed by atoms with Crippen LogP contribution in [0.2, 0.25) is 0 Å². The van der Waals surface area contributed by atoms with E-state index in [1.807, 2.05) is 12.1 Å². The summed E-state index contributed by atoms with van der Waals surface area (Å²) in [5.41, 5.74) is 0.0944. The second kappa shape index (κ2) is 4.33. The van der Waals surface area contributed by atoms with E-state index in [2.05, 4.69) is 4.98 Å². The fourth-order valence-electron chi connectivity index (χ4n) is 1.79. The molecule has 1 N–H and O–H groups in total. The zero-order chi connectivity index (χ0) is 12.7. The number of carboxylic acid groups (broad SMARTS) is 1. The standard InChI is InChI=1S/C11H8N2O3S2/c14-7-5-8-13(7)9(10(15)16)11(18-8)17-6-3-1-2-4-12-6/h1-4,8H,5H2,(H,15,16)/t8-/m1/s1. The normalized spacial score (nSPS) is 21.9. The zero-order valence-electron chi connectivity index (χ0n) is 9.07. The number of aromatic nitrogens is 1. The maximum Gasteiger partial charge on any atom is 0.354 e. The number of aliphatic carboxylic acids is 1. The van der Waals surface area contributed by atoms with Gasteiger partial charge in [-0.15, -0.1) is 0 Å². The molecule has 92 valence electrons. The van der Waals surface area contributed by atoms with Gasteiger partial charge in [0.2, 0.25) is 5.91 Å². The monoisotopic (exact) mass is 280 g/mol. The molecular formula is C11H8N2O3S2. The molecule has 1 amide bonds. The predicted octanol–water partition coefficient (Wildman–Crippen LogP) is 1.73. The number of amides is 1. The minimum absolute atomic E-state index is 0.0465. The molecule has 1 saturated heterocycles. The van der Waals surface area contributed by atoms with Gasteiger partial charge in [0, 0.05) is 6.20 Å². The van der Waals surface area contributed by atoms with Gasteiger partial charge < -0.3 is 5.11 Å². The topological polar surface area (TPSA) is 70.5 Å². The van der Waals surface area contributed by atoms with Crippen LogP contribution in [-0.2, 0) is 9.59 Å². The molecule has 2 aliphatic heterocycles. The number of carbonyl (C=O) groups excluding carboxylic acids is 1. The third kappa shape index (κ3) is 1.79. The molecule has 5 nitrogen and oxygen atoms in total. The summed E-state index contributed by atoms with van der Waals surface area (Å²) >= 11 is 2.72. The SMILES string of the molecule is O=C(O)C1=C(Sc2ccccn2)S[C@@H]2CC(=O)N12. The van der Waals surface area contributed by atoms with E-state index in [1.165, 1.54) is 28.4 Å². The first-order valence-electron chi connectivity index (χ1n) is 5.22. The van der Waals surface area contributed by atoms with Gasteiger partial charge in [0.15, 0.2) is 5.70 Å². The molecule has 0 unspecified atom stereocenters. The molecule has 18 heavy (non-hydrogen) atoms. The maximum absolute atomic E-state index is 11.4. The molecule has 0 bridgehead atoms. The third-order valence-electron chi connectivity index (χ3n) is 2.62.